The number of hydrogen-bond donors (Lipinski definition) is 2. The SMILES string of the molecule is COc1nc(N(C)C(=O)CCC(=O)O)ccc1-c1cc2c(C(=O)OC(C)(C)C)c[nH]c2cc1Cl. The number of fused-ring (bicyclic) bond motifs is 1. The van der Waals surface area contributed by atoms with Crippen molar-refractivity contribution >= 4 is 46.2 Å². The summed E-state index contributed by atoms with van der Waals surface area (Å²) in [5, 5.41) is 9.84. The van der Waals surface area contributed by atoms with Crippen molar-refractivity contribution in [3.05, 3.63) is 41.0 Å². The number of nitrogens with zero attached hydrogens (tertiary/aromatic N) is 2. The summed E-state index contributed by atoms with van der Waals surface area (Å²) in [4.78, 5) is 44.4. The molecule has 180 valence electrons. The molecule has 0 atom stereocenters. The Kier molecular flexibility index (Phi) is 7.16. The van der Waals surface area contributed by atoms with Crippen molar-refractivity contribution in [2.24, 2.45) is 0 Å². The molecule has 0 aliphatic rings. The van der Waals surface area contributed by atoms with Crippen molar-refractivity contribution in [2.45, 2.75) is 39.2 Å². The number of aromatic nitrogens is 2. The van der Waals surface area contributed by atoms with E-state index in [1.54, 1.807) is 51.2 Å². The molecule has 0 radical (unpaired) electrons. The fourth-order valence-corrected chi connectivity index (χ4v) is 3.60. The van der Waals surface area contributed by atoms with E-state index in [9.17, 15) is 14.4 Å². The quantitative estimate of drug-likeness (QED) is 0.464. The Morgan fingerprint density at radius 1 is 1.15 bits per heavy atom. The number of rotatable bonds is 7. The Balaban J connectivity index is 2.01. The smallest absolute Gasteiger partial charge is 0.340 e. The maximum Gasteiger partial charge on any atom is 0.340 e. The van der Waals surface area contributed by atoms with Crippen LogP contribution in [0.15, 0.2) is 30.5 Å². The molecule has 0 bridgehead atoms. The largest absolute Gasteiger partial charge is 0.481 e. The second-order valence-corrected chi connectivity index (χ2v) is 9.06. The minimum absolute atomic E-state index is 0.152. The number of pyridine rings is 1. The van der Waals surface area contributed by atoms with E-state index >= 15 is 0 Å². The van der Waals surface area contributed by atoms with Crippen molar-refractivity contribution in [2.75, 3.05) is 19.1 Å². The number of methoxy groups -OCH3 is 1. The van der Waals surface area contributed by atoms with Gasteiger partial charge >= 0.3 is 11.9 Å². The van der Waals surface area contributed by atoms with Gasteiger partial charge in [-0.25, -0.2) is 4.79 Å². The van der Waals surface area contributed by atoms with Crippen LogP contribution < -0.4 is 9.64 Å². The lowest BCUT2D eigenvalue weighted by atomic mass is 10.0. The van der Waals surface area contributed by atoms with Crippen LogP contribution in [0.25, 0.3) is 22.0 Å². The number of anilines is 1. The highest BCUT2D eigenvalue weighted by atomic mass is 35.5. The van der Waals surface area contributed by atoms with Crippen LogP contribution in [-0.4, -0.2) is 52.7 Å². The van der Waals surface area contributed by atoms with Gasteiger partial charge < -0.3 is 19.6 Å². The maximum absolute atomic E-state index is 12.7. The van der Waals surface area contributed by atoms with Gasteiger partial charge in [-0.3, -0.25) is 14.5 Å². The van der Waals surface area contributed by atoms with E-state index in [2.05, 4.69) is 9.97 Å². The van der Waals surface area contributed by atoms with Gasteiger partial charge in [-0.2, -0.15) is 4.98 Å². The molecular weight excluding hydrogens is 462 g/mol. The van der Waals surface area contributed by atoms with Gasteiger partial charge in [-0.15, -0.1) is 0 Å². The van der Waals surface area contributed by atoms with E-state index < -0.39 is 23.4 Å². The van der Waals surface area contributed by atoms with Crippen LogP contribution in [0.5, 0.6) is 5.88 Å². The van der Waals surface area contributed by atoms with Crippen LogP contribution >= 0.6 is 11.6 Å². The second kappa shape index (κ2) is 9.72. The molecule has 0 fully saturated rings. The molecule has 1 aromatic carbocycles. The Morgan fingerprint density at radius 2 is 1.85 bits per heavy atom. The van der Waals surface area contributed by atoms with Gasteiger partial charge in [-0.1, -0.05) is 11.6 Å². The number of hydrogen-bond acceptors (Lipinski definition) is 6. The van der Waals surface area contributed by atoms with Crippen molar-refractivity contribution in [3.63, 3.8) is 0 Å². The molecule has 0 saturated heterocycles. The third-order valence-electron chi connectivity index (χ3n) is 4.99. The standard InChI is InChI=1S/C24H26ClN3O6/c1-24(2,3)34-23(32)16-12-26-18-11-17(25)14(10-15(16)18)13-6-7-19(27-22(13)33-5)28(4)20(29)8-9-21(30)31/h6-7,10-12,26H,8-9H2,1-5H3,(H,30,31). The van der Waals surface area contributed by atoms with Gasteiger partial charge in [-0.05, 0) is 45.0 Å². The van der Waals surface area contributed by atoms with E-state index in [1.807, 2.05) is 0 Å². The van der Waals surface area contributed by atoms with Crippen molar-refractivity contribution in [1.29, 1.82) is 0 Å². The van der Waals surface area contributed by atoms with Crippen LogP contribution in [-0.2, 0) is 14.3 Å². The number of amides is 1. The molecule has 0 aliphatic carbocycles. The van der Waals surface area contributed by atoms with Crippen LogP contribution in [0.2, 0.25) is 5.02 Å². The molecule has 9 nitrogen and oxygen atoms in total. The van der Waals surface area contributed by atoms with Crippen LogP contribution in [0.1, 0.15) is 44.0 Å². The van der Waals surface area contributed by atoms with E-state index in [4.69, 9.17) is 26.2 Å². The van der Waals surface area contributed by atoms with E-state index in [-0.39, 0.29) is 18.7 Å². The summed E-state index contributed by atoms with van der Waals surface area (Å²) < 4.78 is 11.0. The maximum atomic E-state index is 12.7. The molecule has 3 rings (SSSR count). The summed E-state index contributed by atoms with van der Waals surface area (Å²) >= 11 is 6.55. The van der Waals surface area contributed by atoms with E-state index in [1.165, 1.54) is 19.1 Å². The zero-order valence-corrected chi connectivity index (χ0v) is 20.3. The lowest BCUT2D eigenvalue weighted by Crippen LogP contribution is -2.27. The Morgan fingerprint density at radius 3 is 2.47 bits per heavy atom. The molecule has 0 spiro atoms. The molecular formula is C24H26ClN3O6. The summed E-state index contributed by atoms with van der Waals surface area (Å²) in [7, 11) is 2.95. The van der Waals surface area contributed by atoms with Crippen LogP contribution in [0, 0.1) is 0 Å². The predicted octanol–water partition coefficient (Wildman–Crippen LogP) is 4.67. The van der Waals surface area contributed by atoms with Crippen LogP contribution in [0.3, 0.4) is 0 Å². The number of esters is 1. The Labute approximate surface area is 201 Å². The van der Waals surface area contributed by atoms with Gasteiger partial charge in [0.1, 0.15) is 11.4 Å². The number of carbonyl (C=O) groups excluding carboxylic acids is 2. The Hall–Kier alpha value is -3.59. The first-order valence-corrected chi connectivity index (χ1v) is 10.9. The lowest BCUT2D eigenvalue weighted by Gasteiger charge is -2.19. The minimum atomic E-state index is -1.05. The zero-order valence-electron chi connectivity index (χ0n) is 19.6. The molecule has 10 heteroatoms. The topological polar surface area (TPSA) is 122 Å². The van der Waals surface area contributed by atoms with Gasteiger partial charge in [0.25, 0.3) is 0 Å². The number of carboxylic acids is 1. The first kappa shape index (κ1) is 25.0. The number of carbonyl (C=O) groups is 3. The number of aromatic amines is 1. The molecule has 0 aliphatic heterocycles. The van der Waals surface area contributed by atoms with E-state index in [0.717, 1.165) is 0 Å². The molecule has 0 unspecified atom stereocenters. The number of benzene rings is 1. The van der Waals surface area contributed by atoms with Crippen LogP contribution in [0.4, 0.5) is 5.82 Å². The van der Waals surface area contributed by atoms with Crippen molar-refractivity contribution in [3.8, 4) is 17.0 Å². The van der Waals surface area contributed by atoms with Gasteiger partial charge in [0, 0.05) is 41.7 Å². The van der Waals surface area contributed by atoms with Gasteiger partial charge in [0.15, 0.2) is 0 Å². The first-order chi connectivity index (χ1) is 15.9. The number of halogens is 1. The highest BCUT2D eigenvalue weighted by Gasteiger charge is 2.23. The number of aliphatic carboxylic acids is 1. The summed E-state index contributed by atoms with van der Waals surface area (Å²) in [6.45, 7) is 5.39. The molecule has 2 aromatic heterocycles. The first-order valence-electron chi connectivity index (χ1n) is 10.5. The third-order valence-corrected chi connectivity index (χ3v) is 5.30. The normalized spacial score (nSPS) is 11.4. The molecule has 2 heterocycles. The van der Waals surface area contributed by atoms with Crippen molar-refractivity contribution < 1.29 is 29.0 Å². The summed E-state index contributed by atoms with van der Waals surface area (Å²) in [6.07, 6.45) is 1.15. The molecule has 2 N–H and O–H groups in total. The summed E-state index contributed by atoms with van der Waals surface area (Å²) in [6, 6.07) is 6.78. The number of carboxylic acid groups (broad SMARTS) is 1. The Bertz CT molecular complexity index is 1260. The highest BCUT2D eigenvalue weighted by molar-refractivity contribution is 6.34. The van der Waals surface area contributed by atoms with E-state index in [0.29, 0.717) is 38.4 Å². The second-order valence-electron chi connectivity index (χ2n) is 8.65. The lowest BCUT2D eigenvalue weighted by molar-refractivity contribution is -0.138. The van der Waals surface area contributed by atoms with Gasteiger partial charge in [0.2, 0.25) is 11.8 Å². The average molecular weight is 488 g/mol. The zero-order chi connectivity index (χ0) is 25.2. The fourth-order valence-electron chi connectivity index (χ4n) is 3.34. The monoisotopic (exact) mass is 487 g/mol. The van der Waals surface area contributed by atoms with Gasteiger partial charge in [0.05, 0.1) is 24.1 Å². The molecule has 1 amide bonds. The highest BCUT2D eigenvalue weighted by Crippen LogP contribution is 2.38. The average Bonchev–Trinajstić information content (AvgIpc) is 3.17. The fraction of sp³-hybridized carbons (Fsp3) is 0.333. The van der Waals surface area contributed by atoms with Crippen molar-refractivity contribution in [1.82, 2.24) is 9.97 Å². The number of nitrogens with one attached hydrogen (secondary N) is 1. The molecule has 34 heavy (non-hydrogen) atoms. The summed E-state index contributed by atoms with van der Waals surface area (Å²) in [5.74, 6) is -1.40. The molecule has 0 saturated carbocycles. The minimum Gasteiger partial charge on any atom is -0.481 e. The predicted molar refractivity (Wildman–Crippen MR) is 129 cm³/mol. The summed E-state index contributed by atoms with van der Waals surface area (Å²) in [5.41, 5.74) is 1.53. The third kappa shape index (κ3) is 5.48. The molecule has 3 aromatic rings. The number of ether oxygens (including phenoxy) is 2. The number of H-pyrrole nitrogens is 1.